The fourth-order valence-electron chi connectivity index (χ4n) is 2.47. The molecule has 0 fully saturated rings. The molecule has 3 rings (SSSR count). The van der Waals surface area contributed by atoms with Crippen molar-refractivity contribution in [3.8, 4) is 0 Å². The van der Waals surface area contributed by atoms with E-state index in [1.807, 2.05) is 54.5 Å². The van der Waals surface area contributed by atoms with E-state index in [-0.39, 0.29) is 29.9 Å². The fourth-order valence-corrected chi connectivity index (χ4v) is 2.47. The molecule has 114 valence electrons. The van der Waals surface area contributed by atoms with Crippen LogP contribution in [0.5, 0.6) is 0 Å². The molecule has 0 bridgehead atoms. The average molecular weight is 407 g/mol. The summed E-state index contributed by atoms with van der Waals surface area (Å²) in [6.45, 7) is 0.624. The van der Waals surface area contributed by atoms with Gasteiger partial charge in [0, 0.05) is 29.7 Å². The molecule has 0 unspecified atom stereocenters. The minimum atomic E-state index is -0.0361. The number of hydrogen-bond acceptors (Lipinski definition) is 1. The SMILES string of the molecule is C[n+]1cccc(C(=O)NCCc2c[nH]c3ccccc23)c1.[I-]. The number of aromatic amines is 1. The second-order valence-corrected chi connectivity index (χ2v) is 5.12. The van der Waals surface area contributed by atoms with Gasteiger partial charge in [-0.2, -0.15) is 0 Å². The van der Waals surface area contributed by atoms with Crippen LogP contribution in [-0.4, -0.2) is 17.4 Å². The van der Waals surface area contributed by atoms with E-state index >= 15 is 0 Å². The van der Waals surface area contributed by atoms with Crippen molar-refractivity contribution < 1.29 is 33.3 Å². The zero-order valence-electron chi connectivity index (χ0n) is 12.3. The number of nitrogens with zero attached hydrogens (tertiary/aromatic N) is 1. The Hall–Kier alpha value is -1.89. The summed E-state index contributed by atoms with van der Waals surface area (Å²) in [5, 5.41) is 4.18. The van der Waals surface area contributed by atoms with E-state index in [2.05, 4.69) is 22.4 Å². The Balaban J connectivity index is 0.00000176. The molecule has 2 heterocycles. The third-order valence-corrected chi connectivity index (χ3v) is 3.56. The molecule has 0 spiro atoms. The smallest absolute Gasteiger partial charge is 0.257 e. The van der Waals surface area contributed by atoms with Crippen LogP contribution in [0.2, 0.25) is 0 Å². The summed E-state index contributed by atoms with van der Waals surface area (Å²) < 4.78 is 1.87. The molecule has 1 aromatic carbocycles. The minimum absolute atomic E-state index is 0. The van der Waals surface area contributed by atoms with Crippen molar-refractivity contribution in [1.82, 2.24) is 10.3 Å². The summed E-state index contributed by atoms with van der Waals surface area (Å²) in [5.41, 5.74) is 3.04. The number of halogens is 1. The summed E-state index contributed by atoms with van der Waals surface area (Å²) in [6, 6.07) is 11.9. The van der Waals surface area contributed by atoms with Crippen molar-refractivity contribution in [3.05, 3.63) is 66.1 Å². The van der Waals surface area contributed by atoms with Crippen LogP contribution in [0, 0.1) is 0 Å². The Morgan fingerprint density at radius 2 is 2.05 bits per heavy atom. The van der Waals surface area contributed by atoms with Crippen LogP contribution in [0.4, 0.5) is 0 Å². The van der Waals surface area contributed by atoms with E-state index < -0.39 is 0 Å². The molecule has 1 amide bonds. The highest BCUT2D eigenvalue weighted by molar-refractivity contribution is 5.93. The number of hydrogen-bond donors (Lipinski definition) is 2. The molecule has 0 aliphatic heterocycles. The Labute approximate surface area is 146 Å². The van der Waals surface area contributed by atoms with Gasteiger partial charge in [-0.3, -0.25) is 4.79 Å². The van der Waals surface area contributed by atoms with Gasteiger partial charge in [0.25, 0.3) is 5.91 Å². The summed E-state index contributed by atoms with van der Waals surface area (Å²) in [7, 11) is 1.91. The molecule has 22 heavy (non-hydrogen) atoms. The summed E-state index contributed by atoms with van der Waals surface area (Å²) in [5.74, 6) is -0.0361. The van der Waals surface area contributed by atoms with Crippen LogP contribution < -0.4 is 33.9 Å². The van der Waals surface area contributed by atoms with E-state index in [1.165, 1.54) is 10.9 Å². The van der Waals surface area contributed by atoms with Gasteiger partial charge in [-0.05, 0) is 24.1 Å². The highest BCUT2D eigenvalue weighted by atomic mass is 127. The predicted octanol–water partition coefficient (Wildman–Crippen LogP) is -1.03. The maximum Gasteiger partial charge on any atom is 0.257 e. The minimum Gasteiger partial charge on any atom is -1.00 e. The van der Waals surface area contributed by atoms with E-state index in [0.29, 0.717) is 12.1 Å². The Kier molecular flexibility index (Phi) is 5.54. The summed E-state index contributed by atoms with van der Waals surface area (Å²) in [4.78, 5) is 15.3. The van der Waals surface area contributed by atoms with E-state index in [0.717, 1.165) is 11.9 Å². The lowest BCUT2D eigenvalue weighted by atomic mass is 10.1. The molecule has 0 radical (unpaired) electrons. The molecular formula is C17H18IN3O. The van der Waals surface area contributed by atoms with Crippen LogP contribution in [0.25, 0.3) is 10.9 Å². The van der Waals surface area contributed by atoms with Crippen LogP contribution in [-0.2, 0) is 13.5 Å². The molecule has 4 nitrogen and oxygen atoms in total. The molecule has 2 aromatic heterocycles. The van der Waals surface area contributed by atoms with Crippen LogP contribution in [0.3, 0.4) is 0 Å². The molecule has 0 atom stereocenters. The molecular weight excluding hydrogens is 389 g/mol. The zero-order chi connectivity index (χ0) is 14.7. The van der Waals surface area contributed by atoms with Gasteiger partial charge in [0.2, 0.25) is 0 Å². The van der Waals surface area contributed by atoms with Gasteiger partial charge < -0.3 is 34.3 Å². The first-order valence-corrected chi connectivity index (χ1v) is 7.02. The molecule has 0 saturated heterocycles. The average Bonchev–Trinajstić information content (AvgIpc) is 2.91. The highest BCUT2D eigenvalue weighted by Gasteiger charge is 2.09. The van der Waals surface area contributed by atoms with Crippen LogP contribution >= 0.6 is 0 Å². The van der Waals surface area contributed by atoms with Crippen LogP contribution in [0.15, 0.2) is 55.0 Å². The number of nitrogens with one attached hydrogen (secondary N) is 2. The van der Waals surface area contributed by atoms with Crippen molar-refractivity contribution in [3.63, 3.8) is 0 Å². The normalized spacial score (nSPS) is 10.2. The van der Waals surface area contributed by atoms with Crippen molar-refractivity contribution >= 4 is 16.8 Å². The lowest BCUT2D eigenvalue weighted by Gasteiger charge is -2.04. The number of H-pyrrole nitrogens is 1. The standard InChI is InChI=1S/C17H17N3O.HI/c1-20-10-4-5-14(12-20)17(21)18-9-8-13-11-19-16-7-3-2-6-15(13)16;/h2-7,10-12,19H,8-9H2,1H3;1H. The number of carbonyl (C=O) groups is 1. The van der Waals surface area contributed by atoms with Gasteiger partial charge in [-0.15, -0.1) is 0 Å². The third kappa shape index (κ3) is 3.65. The maximum absolute atomic E-state index is 12.1. The number of aromatic nitrogens is 2. The van der Waals surface area contributed by atoms with Gasteiger partial charge in [0.1, 0.15) is 12.6 Å². The van der Waals surface area contributed by atoms with Gasteiger partial charge in [0.15, 0.2) is 12.4 Å². The highest BCUT2D eigenvalue weighted by Crippen LogP contribution is 2.17. The topological polar surface area (TPSA) is 48.8 Å². The maximum atomic E-state index is 12.1. The number of para-hydroxylation sites is 1. The quantitative estimate of drug-likeness (QED) is 0.422. The molecule has 3 aromatic rings. The largest absolute Gasteiger partial charge is 1.00 e. The number of amides is 1. The number of fused-ring (bicyclic) bond motifs is 1. The molecule has 0 aliphatic carbocycles. The summed E-state index contributed by atoms with van der Waals surface area (Å²) >= 11 is 0. The first kappa shape index (κ1) is 16.5. The lowest BCUT2D eigenvalue weighted by Crippen LogP contribution is -3.00. The first-order valence-electron chi connectivity index (χ1n) is 7.02. The molecule has 0 aliphatic rings. The van der Waals surface area contributed by atoms with Gasteiger partial charge >= 0.3 is 0 Å². The third-order valence-electron chi connectivity index (χ3n) is 3.56. The predicted molar refractivity (Wildman–Crippen MR) is 82.0 cm³/mol. The second kappa shape index (κ2) is 7.40. The van der Waals surface area contributed by atoms with E-state index in [9.17, 15) is 4.79 Å². The monoisotopic (exact) mass is 407 g/mol. The van der Waals surface area contributed by atoms with Crippen molar-refractivity contribution in [2.75, 3.05) is 6.54 Å². The lowest BCUT2D eigenvalue weighted by molar-refractivity contribution is -0.671. The van der Waals surface area contributed by atoms with E-state index in [4.69, 9.17) is 0 Å². The second-order valence-electron chi connectivity index (χ2n) is 5.12. The molecule has 5 heteroatoms. The number of aryl methyl sites for hydroxylation is 1. The fraction of sp³-hybridized carbons (Fsp3) is 0.176. The van der Waals surface area contributed by atoms with Crippen molar-refractivity contribution in [2.24, 2.45) is 7.05 Å². The van der Waals surface area contributed by atoms with Gasteiger partial charge in [0.05, 0.1) is 0 Å². The molecule has 2 N–H and O–H groups in total. The van der Waals surface area contributed by atoms with Gasteiger partial charge in [-0.25, -0.2) is 4.57 Å². The summed E-state index contributed by atoms with van der Waals surface area (Å²) in [6.07, 6.45) is 6.55. The van der Waals surface area contributed by atoms with Crippen LogP contribution in [0.1, 0.15) is 15.9 Å². The number of rotatable bonds is 4. The van der Waals surface area contributed by atoms with Crippen molar-refractivity contribution in [1.29, 1.82) is 0 Å². The number of pyridine rings is 1. The van der Waals surface area contributed by atoms with Gasteiger partial charge in [-0.1, -0.05) is 18.2 Å². The number of carbonyl (C=O) groups excluding carboxylic acids is 1. The Morgan fingerprint density at radius 3 is 2.86 bits per heavy atom. The Morgan fingerprint density at radius 1 is 1.23 bits per heavy atom. The number of benzene rings is 1. The van der Waals surface area contributed by atoms with E-state index in [1.54, 1.807) is 0 Å². The zero-order valence-corrected chi connectivity index (χ0v) is 14.5. The molecule has 0 saturated carbocycles. The Bertz CT molecular complexity index is 782. The van der Waals surface area contributed by atoms with Crippen molar-refractivity contribution in [2.45, 2.75) is 6.42 Å². The first-order chi connectivity index (χ1) is 10.2.